The lowest BCUT2D eigenvalue weighted by molar-refractivity contribution is -0.124. The summed E-state index contributed by atoms with van der Waals surface area (Å²) in [6.45, 7) is 9.99. The molecule has 0 aliphatic carbocycles. The van der Waals surface area contributed by atoms with Gasteiger partial charge in [0, 0.05) is 18.3 Å². The lowest BCUT2D eigenvalue weighted by Gasteiger charge is -2.25. The first-order valence-corrected chi connectivity index (χ1v) is 7.79. The molecule has 0 spiro atoms. The molecule has 0 unspecified atom stereocenters. The number of hydrogen-bond donors (Lipinski definition) is 4. The van der Waals surface area contributed by atoms with Crippen molar-refractivity contribution in [1.29, 1.82) is 0 Å². The van der Waals surface area contributed by atoms with Crippen LogP contribution in [-0.4, -0.2) is 24.0 Å². The molecule has 0 saturated carbocycles. The molecule has 24 heavy (non-hydrogen) atoms. The van der Waals surface area contributed by atoms with Crippen molar-refractivity contribution in [2.75, 3.05) is 5.32 Å². The summed E-state index contributed by atoms with van der Waals surface area (Å²) < 4.78 is 0. The lowest BCUT2D eigenvalue weighted by Crippen LogP contribution is -2.48. The molecule has 1 aromatic carbocycles. The molecule has 136 valence electrons. The molecule has 0 aliphatic rings. The average Bonchev–Trinajstić information content (AvgIpc) is 2.43. The second-order valence-corrected chi connectivity index (χ2v) is 7.01. The molecule has 1 rings (SSSR count). The fourth-order valence-corrected chi connectivity index (χ4v) is 1.83. The Bertz CT molecular complexity index is 539. The normalized spacial score (nSPS) is 12.1. The highest BCUT2D eigenvalue weighted by Crippen LogP contribution is 2.17. The van der Waals surface area contributed by atoms with Crippen LogP contribution in [0.4, 0.5) is 10.5 Å². The predicted molar refractivity (Wildman–Crippen MR) is 100 cm³/mol. The summed E-state index contributed by atoms with van der Waals surface area (Å²) in [4.78, 5) is 23.6. The molecule has 7 heteroatoms. The van der Waals surface area contributed by atoms with Crippen LogP contribution < -0.4 is 21.7 Å². The molecular weight excluding hydrogens is 328 g/mol. The van der Waals surface area contributed by atoms with Crippen LogP contribution in [0.5, 0.6) is 0 Å². The van der Waals surface area contributed by atoms with Crippen LogP contribution in [-0.2, 0) is 11.3 Å². The number of amides is 3. The van der Waals surface area contributed by atoms with Gasteiger partial charge >= 0.3 is 6.03 Å². The van der Waals surface area contributed by atoms with Gasteiger partial charge < -0.3 is 21.7 Å². The van der Waals surface area contributed by atoms with Crippen molar-refractivity contribution in [3.63, 3.8) is 0 Å². The van der Waals surface area contributed by atoms with Gasteiger partial charge in [-0.15, -0.1) is 12.4 Å². The van der Waals surface area contributed by atoms with Gasteiger partial charge in [-0.25, -0.2) is 4.79 Å². The summed E-state index contributed by atoms with van der Waals surface area (Å²) in [5.74, 6) is -0.170. The van der Waals surface area contributed by atoms with Gasteiger partial charge in [-0.2, -0.15) is 0 Å². The first-order chi connectivity index (χ1) is 10.6. The molecule has 0 radical (unpaired) electrons. The van der Waals surface area contributed by atoms with Gasteiger partial charge in [0.2, 0.25) is 5.91 Å². The van der Waals surface area contributed by atoms with Gasteiger partial charge in [-0.05, 0) is 37.0 Å². The monoisotopic (exact) mass is 356 g/mol. The smallest absolute Gasteiger partial charge is 0.319 e. The number of carbonyl (C=O) groups excluding carboxylic acids is 2. The summed E-state index contributed by atoms with van der Waals surface area (Å²) in [6.07, 6.45) is 0. The van der Waals surface area contributed by atoms with Gasteiger partial charge in [-0.3, -0.25) is 4.79 Å². The molecule has 0 heterocycles. The number of anilines is 1. The Balaban J connectivity index is 0.00000529. The molecule has 0 aliphatic heterocycles. The zero-order chi connectivity index (χ0) is 17.6. The zero-order valence-electron chi connectivity index (χ0n) is 15.0. The van der Waals surface area contributed by atoms with E-state index < -0.39 is 6.04 Å². The molecule has 0 saturated heterocycles. The van der Waals surface area contributed by atoms with Gasteiger partial charge in [0.25, 0.3) is 0 Å². The average molecular weight is 357 g/mol. The first kappa shape index (κ1) is 22.2. The highest BCUT2D eigenvalue weighted by molar-refractivity contribution is 5.89. The van der Waals surface area contributed by atoms with E-state index in [9.17, 15) is 9.59 Å². The Morgan fingerprint density at radius 2 is 1.67 bits per heavy atom. The Hall–Kier alpha value is -1.79. The van der Waals surface area contributed by atoms with Crippen LogP contribution in [0.3, 0.4) is 0 Å². The van der Waals surface area contributed by atoms with E-state index in [-0.39, 0.29) is 35.8 Å². The topological polar surface area (TPSA) is 96.2 Å². The standard InChI is InChI=1S/C17H28N4O2.ClH/c1-11(2)20-16(23)21-13-8-6-12(7-9-13)10-19-15(22)14(18)17(3,4)5;/h6-9,11,14H,10,18H2,1-5H3,(H,19,22)(H2,20,21,23);1H/t14-;/m1./s1. The minimum Gasteiger partial charge on any atom is -0.351 e. The summed E-state index contributed by atoms with van der Waals surface area (Å²) in [5, 5.41) is 8.33. The largest absolute Gasteiger partial charge is 0.351 e. The van der Waals surface area contributed by atoms with Crippen LogP contribution in [0, 0.1) is 5.41 Å². The maximum absolute atomic E-state index is 12.0. The minimum atomic E-state index is -0.553. The van der Waals surface area contributed by atoms with E-state index in [1.54, 1.807) is 12.1 Å². The van der Waals surface area contributed by atoms with Gasteiger partial charge in [-0.1, -0.05) is 32.9 Å². The zero-order valence-corrected chi connectivity index (χ0v) is 15.8. The van der Waals surface area contributed by atoms with Gasteiger partial charge in [0.15, 0.2) is 0 Å². The molecule has 1 atom stereocenters. The van der Waals surface area contributed by atoms with Crippen molar-refractivity contribution in [3.05, 3.63) is 29.8 Å². The van der Waals surface area contributed by atoms with Crippen LogP contribution in [0.15, 0.2) is 24.3 Å². The van der Waals surface area contributed by atoms with Gasteiger partial charge in [0.05, 0.1) is 6.04 Å². The second kappa shape index (κ2) is 9.49. The summed E-state index contributed by atoms with van der Waals surface area (Å²) in [6, 6.07) is 6.59. The van der Waals surface area contributed by atoms with Crippen molar-refractivity contribution < 1.29 is 9.59 Å². The fourth-order valence-electron chi connectivity index (χ4n) is 1.83. The maximum Gasteiger partial charge on any atom is 0.319 e. The van der Waals surface area contributed by atoms with E-state index >= 15 is 0 Å². The molecule has 3 amide bonds. The van der Waals surface area contributed by atoms with Crippen LogP contribution >= 0.6 is 12.4 Å². The molecule has 0 bridgehead atoms. The number of carbonyl (C=O) groups is 2. The Labute approximate surface area is 150 Å². The predicted octanol–water partition coefficient (Wildman–Crippen LogP) is 2.63. The van der Waals surface area contributed by atoms with Crippen molar-refractivity contribution in [1.82, 2.24) is 10.6 Å². The van der Waals surface area contributed by atoms with E-state index in [0.717, 1.165) is 5.56 Å². The van der Waals surface area contributed by atoms with Crippen molar-refractivity contribution in [2.45, 2.75) is 53.2 Å². The summed E-state index contributed by atoms with van der Waals surface area (Å²) in [5.41, 5.74) is 7.27. The third-order valence-corrected chi connectivity index (χ3v) is 3.31. The maximum atomic E-state index is 12.0. The number of urea groups is 1. The van der Waals surface area contributed by atoms with E-state index in [1.807, 2.05) is 46.8 Å². The number of nitrogens with two attached hydrogens (primary N) is 1. The SMILES string of the molecule is CC(C)NC(=O)Nc1ccc(CNC(=O)[C@@H](N)C(C)(C)C)cc1.Cl. The number of halogens is 1. The Morgan fingerprint density at radius 3 is 2.12 bits per heavy atom. The molecule has 0 fully saturated rings. The van der Waals surface area contributed by atoms with Crippen molar-refractivity contribution in [3.8, 4) is 0 Å². The summed E-state index contributed by atoms with van der Waals surface area (Å²) in [7, 11) is 0. The van der Waals surface area contributed by atoms with Crippen molar-refractivity contribution >= 4 is 30.0 Å². The number of rotatable bonds is 5. The number of hydrogen-bond acceptors (Lipinski definition) is 3. The molecule has 6 nitrogen and oxygen atoms in total. The van der Waals surface area contributed by atoms with Crippen LogP contribution in [0.25, 0.3) is 0 Å². The molecule has 1 aromatic rings. The highest BCUT2D eigenvalue weighted by atomic mass is 35.5. The van der Waals surface area contributed by atoms with Crippen molar-refractivity contribution in [2.24, 2.45) is 11.1 Å². The minimum absolute atomic E-state index is 0. The second-order valence-electron chi connectivity index (χ2n) is 7.01. The Morgan fingerprint density at radius 1 is 1.12 bits per heavy atom. The fraction of sp³-hybridized carbons (Fsp3) is 0.529. The third-order valence-electron chi connectivity index (χ3n) is 3.31. The van der Waals surface area contributed by atoms with Crippen LogP contribution in [0.2, 0.25) is 0 Å². The summed E-state index contributed by atoms with van der Waals surface area (Å²) >= 11 is 0. The highest BCUT2D eigenvalue weighted by Gasteiger charge is 2.26. The third kappa shape index (κ3) is 7.66. The van der Waals surface area contributed by atoms with E-state index in [1.165, 1.54) is 0 Å². The first-order valence-electron chi connectivity index (χ1n) is 7.79. The van der Waals surface area contributed by atoms with Crippen LogP contribution in [0.1, 0.15) is 40.2 Å². The molecular formula is C17H29ClN4O2. The quantitative estimate of drug-likeness (QED) is 0.653. The van der Waals surface area contributed by atoms with Gasteiger partial charge in [0.1, 0.15) is 0 Å². The Kier molecular flexibility index (Phi) is 8.78. The van der Waals surface area contributed by atoms with E-state index in [0.29, 0.717) is 12.2 Å². The molecule has 0 aromatic heterocycles. The number of nitrogens with one attached hydrogen (secondary N) is 3. The number of benzene rings is 1. The van der Waals surface area contributed by atoms with E-state index in [4.69, 9.17) is 5.73 Å². The van der Waals surface area contributed by atoms with E-state index in [2.05, 4.69) is 16.0 Å². The molecule has 5 N–H and O–H groups in total. The lowest BCUT2D eigenvalue weighted by atomic mass is 9.87.